The summed E-state index contributed by atoms with van der Waals surface area (Å²) in [7, 11) is -1.35. The van der Waals surface area contributed by atoms with Gasteiger partial charge in [0.05, 0.1) is 6.10 Å². The van der Waals surface area contributed by atoms with Gasteiger partial charge in [0, 0.05) is 6.54 Å². The lowest BCUT2D eigenvalue weighted by atomic mass is 10.3. The molecule has 11 heavy (non-hydrogen) atoms. The summed E-state index contributed by atoms with van der Waals surface area (Å²) in [6.07, 6.45) is 0.839. The molecule has 2 nitrogen and oxygen atoms in total. The highest BCUT2D eigenvalue weighted by molar-refractivity contribution is 6.79. The van der Waals surface area contributed by atoms with Crippen molar-refractivity contribution < 1.29 is 5.11 Å². The predicted octanol–water partition coefficient (Wildman–Crippen LogP) is 0.983. The summed E-state index contributed by atoms with van der Waals surface area (Å²) in [5.41, 5.74) is 2.07. The molecule has 0 aromatic rings. The Balaban J connectivity index is 2.55. The number of hydrogen-bond donors (Lipinski definition) is 1. The molecular weight excluding hydrogens is 154 g/mol. The number of aliphatic hydroxyl groups is 1. The quantitative estimate of drug-likeness (QED) is 0.626. The zero-order valence-corrected chi connectivity index (χ0v) is 8.38. The molecule has 0 aromatic heterocycles. The fourth-order valence-corrected chi connectivity index (χ4v) is 3.04. The van der Waals surface area contributed by atoms with Crippen molar-refractivity contribution in [3.63, 3.8) is 0 Å². The Morgan fingerprint density at radius 3 is 2.64 bits per heavy atom. The van der Waals surface area contributed by atoms with Crippen LogP contribution < -0.4 is 0 Å². The predicted molar refractivity (Wildman–Crippen MR) is 49.9 cm³/mol. The Labute approximate surface area is 69.6 Å². The van der Waals surface area contributed by atoms with Gasteiger partial charge in [0.25, 0.3) is 0 Å². The standard InChI is InChI=1S/C8H17NOSi/c1-4-11(2,3)9-6-5-8(10)7-9/h4,8,10H,1,5-7H2,2-3H3. The van der Waals surface area contributed by atoms with E-state index in [0.29, 0.717) is 0 Å². The molecule has 1 atom stereocenters. The SMILES string of the molecule is C=C[Si](C)(C)N1CCC(O)C1. The fraction of sp³-hybridized carbons (Fsp3) is 0.750. The monoisotopic (exact) mass is 171 g/mol. The number of β-amino-alcohol motifs (C(OH)–C–C–N with tert-alkyl or cyclic N) is 1. The molecule has 0 spiro atoms. The molecule has 1 N–H and O–H groups in total. The van der Waals surface area contributed by atoms with Crippen LogP contribution >= 0.6 is 0 Å². The summed E-state index contributed by atoms with van der Waals surface area (Å²) in [5.74, 6) is 0. The Hall–Kier alpha value is -0.123. The Morgan fingerprint density at radius 2 is 2.27 bits per heavy atom. The van der Waals surface area contributed by atoms with Crippen LogP contribution in [0.1, 0.15) is 6.42 Å². The molecule has 0 saturated carbocycles. The highest BCUT2D eigenvalue weighted by Crippen LogP contribution is 2.18. The van der Waals surface area contributed by atoms with Gasteiger partial charge >= 0.3 is 0 Å². The second-order valence-corrected chi connectivity index (χ2v) is 8.09. The van der Waals surface area contributed by atoms with Crippen LogP contribution in [0, 0.1) is 0 Å². The molecule has 1 aliphatic rings. The van der Waals surface area contributed by atoms with E-state index in [0.717, 1.165) is 19.5 Å². The first-order valence-corrected chi connectivity index (χ1v) is 7.15. The summed E-state index contributed by atoms with van der Waals surface area (Å²) in [4.78, 5) is 0. The van der Waals surface area contributed by atoms with Gasteiger partial charge in [0.15, 0.2) is 0 Å². The number of nitrogens with zero attached hydrogens (tertiary/aromatic N) is 1. The van der Waals surface area contributed by atoms with Crippen LogP contribution in [-0.4, -0.2) is 37.1 Å². The summed E-state index contributed by atoms with van der Waals surface area (Å²) >= 11 is 0. The zero-order valence-electron chi connectivity index (χ0n) is 7.38. The van der Waals surface area contributed by atoms with E-state index < -0.39 is 8.24 Å². The minimum atomic E-state index is -1.35. The summed E-state index contributed by atoms with van der Waals surface area (Å²) in [5, 5.41) is 9.30. The molecule has 0 aliphatic carbocycles. The van der Waals surface area contributed by atoms with Gasteiger partial charge in [-0.1, -0.05) is 18.8 Å². The Morgan fingerprint density at radius 1 is 1.64 bits per heavy atom. The first-order chi connectivity index (χ1) is 5.06. The molecule has 64 valence electrons. The van der Waals surface area contributed by atoms with Crippen molar-refractivity contribution >= 4 is 8.24 Å². The van der Waals surface area contributed by atoms with Gasteiger partial charge in [-0.05, 0) is 13.0 Å². The van der Waals surface area contributed by atoms with E-state index in [1.807, 2.05) is 0 Å². The van der Waals surface area contributed by atoms with Crippen molar-refractivity contribution in [2.24, 2.45) is 0 Å². The average molecular weight is 171 g/mol. The molecule has 0 radical (unpaired) electrons. The lowest BCUT2D eigenvalue weighted by Gasteiger charge is -2.29. The zero-order chi connectivity index (χ0) is 8.48. The van der Waals surface area contributed by atoms with E-state index in [4.69, 9.17) is 0 Å². The van der Waals surface area contributed by atoms with Crippen LogP contribution in [0.25, 0.3) is 0 Å². The van der Waals surface area contributed by atoms with Crippen LogP contribution in [0.4, 0.5) is 0 Å². The second kappa shape index (κ2) is 3.09. The smallest absolute Gasteiger partial charge is 0.146 e. The molecule has 0 bridgehead atoms. The Kier molecular flexibility index (Phi) is 2.52. The molecule has 1 saturated heterocycles. The molecular formula is C8H17NOSi. The minimum absolute atomic E-state index is 0.0956. The minimum Gasteiger partial charge on any atom is -0.392 e. The third-order valence-corrected chi connectivity index (χ3v) is 5.51. The maximum atomic E-state index is 9.30. The normalized spacial score (nSPS) is 27.4. The molecule has 0 amide bonds. The molecule has 1 aliphatic heterocycles. The summed E-state index contributed by atoms with van der Waals surface area (Å²) < 4.78 is 2.39. The van der Waals surface area contributed by atoms with Crippen molar-refractivity contribution in [2.75, 3.05) is 13.1 Å². The van der Waals surface area contributed by atoms with Gasteiger partial charge in [-0.3, -0.25) is 0 Å². The molecule has 1 fully saturated rings. The van der Waals surface area contributed by atoms with Gasteiger partial charge in [-0.25, -0.2) is 0 Å². The highest BCUT2D eigenvalue weighted by Gasteiger charge is 2.31. The number of rotatable bonds is 2. The van der Waals surface area contributed by atoms with Crippen molar-refractivity contribution in [3.05, 3.63) is 12.3 Å². The molecule has 1 rings (SSSR count). The van der Waals surface area contributed by atoms with Gasteiger partial charge < -0.3 is 9.67 Å². The fourth-order valence-electron chi connectivity index (χ4n) is 1.39. The lowest BCUT2D eigenvalue weighted by molar-refractivity contribution is 0.188. The summed E-state index contributed by atoms with van der Waals surface area (Å²) in [6.45, 7) is 10.3. The van der Waals surface area contributed by atoms with Crippen LogP contribution in [0.5, 0.6) is 0 Å². The molecule has 1 unspecified atom stereocenters. The maximum absolute atomic E-state index is 9.30. The van der Waals surface area contributed by atoms with E-state index >= 15 is 0 Å². The third-order valence-electron chi connectivity index (χ3n) is 2.48. The van der Waals surface area contributed by atoms with Crippen molar-refractivity contribution in [1.82, 2.24) is 4.57 Å². The second-order valence-electron chi connectivity index (χ2n) is 3.75. The van der Waals surface area contributed by atoms with Gasteiger partial charge in [-0.2, -0.15) is 0 Å². The molecule has 0 aromatic carbocycles. The molecule has 1 heterocycles. The number of hydrogen-bond acceptors (Lipinski definition) is 2. The van der Waals surface area contributed by atoms with Crippen LogP contribution in [0.3, 0.4) is 0 Å². The number of aliphatic hydroxyl groups excluding tert-OH is 1. The largest absolute Gasteiger partial charge is 0.392 e. The maximum Gasteiger partial charge on any atom is 0.146 e. The van der Waals surface area contributed by atoms with E-state index in [-0.39, 0.29) is 6.10 Å². The van der Waals surface area contributed by atoms with Crippen molar-refractivity contribution in [1.29, 1.82) is 0 Å². The summed E-state index contributed by atoms with van der Waals surface area (Å²) in [6, 6.07) is 0. The van der Waals surface area contributed by atoms with E-state index in [2.05, 4.69) is 29.9 Å². The first-order valence-electron chi connectivity index (χ1n) is 4.13. The van der Waals surface area contributed by atoms with Gasteiger partial charge in [0.1, 0.15) is 8.24 Å². The van der Waals surface area contributed by atoms with Crippen LogP contribution in [0.2, 0.25) is 13.1 Å². The highest BCUT2D eigenvalue weighted by atomic mass is 28.3. The van der Waals surface area contributed by atoms with Crippen LogP contribution in [0.15, 0.2) is 12.3 Å². The van der Waals surface area contributed by atoms with Gasteiger partial charge in [0.2, 0.25) is 0 Å². The third kappa shape index (κ3) is 1.92. The average Bonchev–Trinajstić information content (AvgIpc) is 2.36. The van der Waals surface area contributed by atoms with Gasteiger partial charge in [-0.15, -0.1) is 6.58 Å². The lowest BCUT2D eigenvalue weighted by Crippen LogP contribution is -2.46. The first kappa shape index (κ1) is 8.97. The van der Waals surface area contributed by atoms with E-state index in [1.54, 1.807) is 0 Å². The van der Waals surface area contributed by atoms with Crippen molar-refractivity contribution in [3.8, 4) is 0 Å². The van der Waals surface area contributed by atoms with Crippen LogP contribution in [-0.2, 0) is 0 Å². The Bertz CT molecular complexity index is 158. The van der Waals surface area contributed by atoms with Crippen molar-refractivity contribution in [2.45, 2.75) is 25.6 Å². The topological polar surface area (TPSA) is 23.5 Å². The van der Waals surface area contributed by atoms with E-state index in [1.165, 1.54) is 0 Å². The van der Waals surface area contributed by atoms with E-state index in [9.17, 15) is 5.11 Å². The molecule has 3 heteroatoms.